The van der Waals surface area contributed by atoms with Gasteiger partial charge < -0.3 is 10.1 Å². The fourth-order valence-corrected chi connectivity index (χ4v) is 4.74. The van der Waals surface area contributed by atoms with Gasteiger partial charge in [0.05, 0.1) is 18.1 Å². The SMILES string of the molecule is CC(C)CC(CNC(=O)c1ccc(S(=O)(=O)Nc2ccc(F)cc2)cc1)N1CCOCC1. The number of sulfonamides is 1. The number of carbonyl (C=O) groups excluding carboxylic acids is 1. The van der Waals surface area contributed by atoms with Crippen LogP contribution in [0.1, 0.15) is 30.6 Å². The molecule has 174 valence electrons. The van der Waals surface area contributed by atoms with Gasteiger partial charge in [-0.2, -0.15) is 0 Å². The molecular weight excluding hydrogens is 433 g/mol. The van der Waals surface area contributed by atoms with Gasteiger partial charge in [-0.05, 0) is 60.9 Å². The van der Waals surface area contributed by atoms with Gasteiger partial charge in [-0.15, -0.1) is 0 Å². The lowest BCUT2D eigenvalue weighted by Gasteiger charge is -2.35. The molecule has 0 radical (unpaired) electrons. The van der Waals surface area contributed by atoms with E-state index >= 15 is 0 Å². The number of benzene rings is 2. The van der Waals surface area contributed by atoms with Crippen LogP contribution in [0.3, 0.4) is 0 Å². The van der Waals surface area contributed by atoms with Gasteiger partial charge in [0.1, 0.15) is 5.82 Å². The molecule has 2 aromatic carbocycles. The third-order valence-corrected chi connectivity index (χ3v) is 6.72. The van der Waals surface area contributed by atoms with E-state index in [0.29, 0.717) is 31.2 Å². The maximum Gasteiger partial charge on any atom is 0.261 e. The highest BCUT2D eigenvalue weighted by atomic mass is 32.2. The quantitative estimate of drug-likeness (QED) is 0.597. The van der Waals surface area contributed by atoms with Gasteiger partial charge in [0.15, 0.2) is 0 Å². The lowest BCUT2D eigenvalue weighted by Crippen LogP contribution is -2.49. The van der Waals surface area contributed by atoms with Crippen LogP contribution in [0.4, 0.5) is 10.1 Å². The minimum absolute atomic E-state index is 0.0179. The van der Waals surface area contributed by atoms with Crippen molar-refractivity contribution in [1.82, 2.24) is 10.2 Å². The van der Waals surface area contributed by atoms with Crippen molar-refractivity contribution in [2.75, 3.05) is 37.6 Å². The average Bonchev–Trinajstić information content (AvgIpc) is 2.78. The molecule has 0 aliphatic carbocycles. The lowest BCUT2D eigenvalue weighted by molar-refractivity contribution is 0.0124. The van der Waals surface area contributed by atoms with E-state index in [1.807, 2.05) is 0 Å². The van der Waals surface area contributed by atoms with Crippen molar-refractivity contribution >= 4 is 21.6 Å². The zero-order valence-corrected chi connectivity index (χ0v) is 19.2. The van der Waals surface area contributed by atoms with Gasteiger partial charge in [-0.25, -0.2) is 12.8 Å². The van der Waals surface area contributed by atoms with Crippen LogP contribution in [0.2, 0.25) is 0 Å². The number of ether oxygens (including phenoxy) is 1. The molecule has 32 heavy (non-hydrogen) atoms. The molecule has 1 atom stereocenters. The van der Waals surface area contributed by atoms with Crippen molar-refractivity contribution in [2.45, 2.75) is 31.2 Å². The number of amides is 1. The van der Waals surface area contributed by atoms with Crippen LogP contribution in [-0.2, 0) is 14.8 Å². The summed E-state index contributed by atoms with van der Waals surface area (Å²) in [5.74, 6) is -0.201. The predicted octanol–water partition coefficient (Wildman–Crippen LogP) is 3.10. The van der Waals surface area contributed by atoms with Gasteiger partial charge in [-0.1, -0.05) is 13.8 Å². The van der Waals surface area contributed by atoms with Crippen LogP contribution in [0, 0.1) is 11.7 Å². The Kier molecular flexibility index (Phi) is 8.22. The predicted molar refractivity (Wildman–Crippen MR) is 122 cm³/mol. The number of nitrogens with one attached hydrogen (secondary N) is 2. The third kappa shape index (κ3) is 6.75. The second-order valence-corrected chi connectivity index (χ2v) is 9.96. The van der Waals surface area contributed by atoms with Gasteiger partial charge in [-0.3, -0.25) is 14.4 Å². The summed E-state index contributed by atoms with van der Waals surface area (Å²) in [6, 6.07) is 11.0. The standard InChI is InChI=1S/C23H30FN3O4S/c1-17(2)15-21(27-11-13-31-14-12-27)16-25-23(28)18-3-9-22(10-4-18)32(29,30)26-20-7-5-19(24)6-8-20/h3-10,17,21,26H,11-16H2,1-2H3,(H,25,28). The molecule has 0 bridgehead atoms. The zero-order chi connectivity index (χ0) is 23.1. The second-order valence-electron chi connectivity index (χ2n) is 8.28. The molecule has 1 fully saturated rings. The topological polar surface area (TPSA) is 87.7 Å². The largest absolute Gasteiger partial charge is 0.379 e. The zero-order valence-electron chi connectivity index (χ0n) is 18.4. The number of halogens is 1. The fourth-order valence-electron chi connectivity index (χ4n) is 3.68. The minimum atomic E-state index is -3.85. The molecule has 1 aliphatic rings. The Morgan fingerprint density at radius 2 is 1.69 bits per heavy atom. The van der Waals surface area contributed by atoms with Gasteiger partial charge in [0.25, 0.3) is 15.9 Å². The molecule has 1 aliphatic heterocycles. The summed E-state index contributed by atoms with van der Waals surface area (Å²) in [7, 11) is -3.85. The summed E-state index contributed by atoms with van der Waals surface area (Å²) in [5.41, 5.74) is 0.642. The van der Waals surface area contributed by atoms with Gasteiger partial charge >= 0.3 is 0 Å². The van der Waals surface area contributed by atoms with Crippen LogP contribution >= 0.6 is 0 Å². The fraction of sp³-hybridized carbons (Fsp3) is 0.435. The molecule has 2 N–H and O–H groups in total. The molecule has 9 heteroatoms. The first kappa shape index (κ1) is 24.2. The molecule has 1 unspecified atom stereocenters. The Hall–Kier alpha value is -2.49. The number of morpholine rings is 1. The number of anilines is 1. The van der Waals surface area contributed by atoms with Crippen molar-refractivity contribution in [3.63, 3.8) is 0 Å². The van der Waals surface area contributed by atoms with E-state index in [4.69, 9.17) is 4.74 Å². The second kappa shape index (κ2) is 10.9. The van der Waals surface area contributed by atoms with Crippen LogP contribution in [-0.4, -0.2) is 58.1 Å². The number of nitrogens with zero attached hydrogens (tertiary/aromatic N) is 1. The minimum Gasteiger partial charge on any atom is -0.379 e. The monoisotopic (exact) mass is 463 g/mol. The first-order valence-electron chi connectivity index (χ1n) is 10.7. The van der Waals surface area contributed by atoms with Gasteiger partial charge in [0, 0.05) is 36.9 Å². The average molecular weight is 464 g/mol. The molecule has 0 spiro atoms. The van der Waals surface area contributed by atoms with Gasteiger partial charge in [0.2, 0.25) is 0 Å². The summed E-state index contributed by atoms with van der Waals surface area (Å²) < 4.78 is 45.9. The van der Waals surface area contributed by atoms with Crippen molar-refractivity contribution in [3.05, 3.63) is 59.9 Å². The lowest BCUT2D eigenvalue weighted by atomic mass is 10.0. The Bertz CT molecular complexity index is 989. The van der Waals surface area contributed by atoms with E-state index in [0.717, 1.165) is 19.5 Å². The maximum absolute atomic E-state index is 13.0. The highest BCUT2D eigenvalue weighted by Crippen LogP contribution is 2.18. The molecule has 7 nitrogen and oxygen atoms in total. The number of carbonyl (C=O) groups is 1. The van der Waals surface area contributed by atoms with Crippen molar-refractivity contribution in [3.8, 4) is 0 Å². The van der Waals surface area contributed by atoms with E-state index < -0.39 is 15.8 Å². The molecule has 3 rings (SSSR count). The summed E-state index contributed by atoms with van der Waals surface area (Å²) in [6.07, 6.45) is 0.965. The van der Waals surface area contributed by atoms with Crippen LogP contribution in [0.5, 0.6) is 0 Å². The summed E-state index contributed by atoms with van der Waals surface area (Å²) in [4.78, 5) is 15.0. The summed E-state index contributed by atoms with van der Waals surface area (Å²) in [6.45, 7) is 7.93. The van der Waals surface area contributed by atoms with Crippen molar-refractivity contribution in [2.24, 2.45) is 5.92 Å². The summed E-state index contributed by atoms with van der Waals surface area (Å²) >= 11 is 0. The molecule has 1 heterocycles. The van der Waals surface area contributed by atoms with Crippen LogP contribution in [0.25, 0.3) is 0 Å². The Morgan fingerprint density at radius 3 is 2.28 bits per heavy atom. The Balaban J connectivity index is 1.61. The molecule has 2 aromatic rings. The van der Waals surface area contributed by atoms with Crippen molar-refractivity contribution in [1.29, 1.82) is 0 Å². The highest BCUT2D eigenvalue weighted by molar-refractivity contribution is 7.92. The van der Waals surface area contributed by atoms with E-state index in [9.17, 15) is 17.6 Å². The number of rotatable bonds is 9. The van der Waals surface area contributed by atoms with E-state index in [2.05, 4.69) is 28.8 Å². The van der Waals surface area contributed by atoms with E-state index in [1.165, 1.54) is 48.5 Å². The third-order valence-electron chi connectivity index (χ3n) is 5.33. The van der Waals surface area contributed by atoms with E-state index in [-0.39, 0.29) is 22.5 Å². The molecular formula is C23H30FN3O4S. The first-order valence-corrected chi connectivity index (χ1v) is 12.2. The number of hydrogen-bond acceptors (Lipinski definition) is 5. The molecule has 1 saturated heterocycles. The smallest absolute Gasteiger partial charge is 0.261 e. The Morgan fingerprint density at radius 1 is 1.06 bits per heavy atom. The normalized spacial score (nSPS) is 16.0. The maximum atomic E-state index is 13.0. The number of hydrogen-bond donors (Lipinski definition) is 2. The molecule has 1 amide bonds. The Labute approximate surface area is 189 Å². The van der Waals surface area contributed by atoms with Crippen LogP contribution in [0.15, 0.2) is 53.4 Å². The first-order chi connectivity index (χ1) is 15.2. The molecule has 0 saturated carbocycles. The molecule has 0 aromatic heterocycles. The summed E-state index contributed by atoms with van der Waals surface area (Å²) in [5, 5.41) is 2.98. The van der Waals surface area contributed by atoms with Crippen LogP contribution < -0.4 is 10.0 Å². The van der Waals surface area contributed by atoms with E-state index in [1.54, 1.807) is 0 Å². The van der Waals surface area contributed by atoms with Crippen molar-refractivity contribution < 1.29 is 22.3 Å². The highest BCUT2D eigenvalue weighted by Gasteiger charge is 2.23.